The van der Waals surface area contributed by atoms with E-state index >= 15 is 0 Å². The number of hydrogen-bond donors (Lipinski definition) is 3. The van der Waals surface area contributed by atoms with Crippen LogP contribution in [-0.4, -0.2) is 23.0 Å². The summed E-state index contributed by atoms with van der Waals surface area (Å²) in [5, 5.41) is 25.0. The Labute approximate surface area is 133 Å². The molecule has 0 spiro atoms. The van der Waals surface area contributed by atoms with Crippen LogP contribution in [-0.2, 0) is 9.59 Å². The highest BCUT2D eigenvalue weighted by Gasteiger charge is 2.17. The lowest BCUT2D eigenvalue weighted by molar-refractivity contribution is -0.140. The number of rotatable bonds is 5. The molecule has 3 N–H and O–H groups in total. The molecule has 23 heavy (non-hydrogen) atoms. The number of carbonyl (C=O) groups is 2. The molecule has 6 nitrogen and oxygen atoms in total. The minimum atomic E-state index is -1.17. The molecule has 1 amide bonds. The van der Waals surface area contributed by atoms with E-state index in [1.165, 1.54) is 13.1 Å². The first-order valence-corrected chi connectivity index (χ1v) is 6.91. The van der Waals surface area contributed by atoms with E-state index in [4.69, 9.17) is 10.4 Å². The predicted molar refractivity (Wildman–Crippen MR) is 86.5 cm³/mol. The van der Waals surface area contributed by atoms with Gasteiger partial charge >= 0.3 is 5.97 Å². The number of hydrogen-bond acceptors (Lipinski definition) is 4. The third-order valence-corrected chi connectivity index (χ3v) is 3.24. The first kappa shape index (κ1) is 16.0. The van der Waals surface area contributed by atoms with E-state index in [9.17, 15) is 9.59 Å². The summed E-state index contributed by atoms with van der Waals surface area (Å²) in [5.41, 5.74) is 0.543. The molecule has 0 saturated carbocycles. The fourth-order valence-corrected chi connectivity index (χ4v) is 1.99. The van der Waals surface area contributed by atoms with E-state index in [-0.39, 0.29) is 5.57 Å². The number of anilines is 1. The third-order valence-electron chi connectivity index (χ3n) is 3.24. The van der Waals surface area contributed by atoms with Crippen molar-refractivity contribution in [2.45, 2.75) is 13.0 Å². The first-order chi connectivity index (χ1) is 11.0. The molecule has 0 heterocycles. The molecular formula is C17H15N3O3. The summed E-state index contributed by atoms with van der Waals surface area (Å²) in [6.45, 7) is 1.33. The van der Waals surface area contributed by atoms with Gasteiger partial charge in [0.05, 0.1) is 0 Å². The van der Waals surface area contributed by atoms with Crippen LogP contribution in [0, 0.1) is 11.3 Å². The van der Waals surface area contributed by atoms with Crippen molar-refractivity contribution >= 4 is 28.3 Å². The molecule has 0 fully saturated rings. The van der Waals surface area contributed by atoms with Gasteiger partial charge in [-0.05, 0) is 18.4 Å². The molecule has 2 aromatic carbocycles. The summed E-state index contributed by atoms with van der Waals surface area (Å²) in [5.74, 6) is -1.91. The molecule has 0 aliphatic rings. The van der Waals surface area contributed by atoms with Gasteiger partial charge in [0.15, 0.2) is 0 Å². The highest BCUT2D eigenvalue weighted by atomic mass is 16.4. The quantitative estimate of drug-likeness (QED) is 0.580. The van der Waals surface area contributed by atoms with Gasteiger partial charge in [-0.15, -0.1) is 0 Å². The van der Waals surface area contributed by atoms with E-state index in [1.807, 2.05) is 42.5 Å². The Morgan fingerprint density at radius 3 is 2.61 bits per heavy atom. The van der Waals surface area contributed by atoms with Crippen LogP contribution in [0.3, 0.4) is 0 Å². The second kappa shape index (κ2) is 7.09. The summed E-state index contributed by atoms with van der Waals surface area (Å²) in [6.07, 6.45) is 1.27. The maximum Gasteiger partial charge on any atom is 0.325 e. The normalized spacial score (nSPS) is 12.3. The summed E-state index contributed by atoms with van der Waals surface area (Å²) in [7, 11) is 0. The van der Waals surface area contributed by atoms with Gasteiger partial charge in [-0.1, -0.05) is 36.4 Å². The minimum absolute atomic E-state index is 0.203. The van der Waals surface area contributed by atoms with E-state index in [0.29, 0.717) is 0 Å². The Balaban J connectivity index is 2.21. The molecular weight excluding hydrogens is 294 g/mol. The molecule has 0 bridgehead atoms. The molecule has 2 aromatic rings. The smallest absolute Gasteiger partial charge is 0.325 e. The van der Waals surface area contributed by atoms with Gasteiger partial charge in [-0.25, -0.2) is 0 Å². The summed E-state index contributed by atoms with van der Waals surface area (Å²) in [4.78, 5) is 22.6. The largest absolute Gasteiger partial charge is 0.480 e. The Hall–Kier alpha value is -3.33. The van der Waals surface area contributed by atoms with Gasteiger partial charge in [-0.3, -0.25) is 9.59 Å². The van der Waals surface area contributed by atoms with Crippen molar-refractivity contribution in [3.05, 3.63) is 54.2 Å². The average Bonchev–Trinajstić information content (AvgIpc) is 2.55. The van der Waals surface area contributed by atoms with E-state index < -0.39 is 17.9 Å². The number of nitriles is 1. The molecule has 0 saturated heterocycles. The number of nitrogens with zero attached hydrogens (tertiary/aromatic N) is 1. The zero-order valence-corrected chi connectivity index (χ0v) is 12.4. The average molecular weight is 309 g/mol. The van der Waals surface area contributed by atoms with Crippen LogP contribution in [0.4, 0.5) is 5.69 Å². The van der Waals surface area contributed by atoms with E-state index in [0.717, 1.165) is 16.5 Å². The van der Waals surface area contributed by atoms with Gasteiger partial charge < -0.3 is 15.7 Å². The van der Waals surface area contributed by atoms with Gasteiger partial charge in [0.25, 0.3) is 5.91 Å². The zero-order valence-electron chi connectivity index (χ0n) is 12.4. The number of carbonyl (C=O) groups excluding carboxylic acids is 1. The lowest BCUT2D eigenvalue weighted by atomic mass is 10.1. The van der Waals surface area contributed by atoms with Crippen molar-refractivity contribution < 1.29 is 14.7 Å². The molecule has 1 atom stereocenters. The van der Waals surface area contributed by atoms with Gasteiger partial charge in [0, 0.05) is 17.3 Å². The fourth-order valence-electron chi connectivity index (χ4n) is 1.99. The highest BCUT2D eigenvalue weighted by Crippen LogP contribution is 2.23. The lowest BCUT2D eigenvalue weighted by Crippen LogP contribution is -2.39. The van der Waals surface area contributed by atoms with Gasteiger partial charge in [-0.2, -0.15) is 5.26 Å². The Morgan fingerprint density at radius 2 is 1.91 bits per heavy atom. The Kier molecular flexibility index (Phi) is 4.95. The molecule has 0 aliphatic carbocycles. The van der Waals surface area contributed by atoms with Crippen molar-refractivity contribution in [3.8, 4) is 6.07 Å². The van der Waals surface area contributed by atoms with Crippen LogP contribution in [0.25, 0.3) is 10.8 Å². The van der Waals surface area contributed by atoms with Crippen molar-refractivity contribution in [3.63, 3.8) is 0 Å². The molecule has 0 aliphatic heterocycles. The van der Waals surface area contributed by atoms with Crippen molar-refractivity contribution in [1.29, 1.82) is 5.26 Å². The molecule has 0 aromatic heterocycles. The summed E-state index contributed by atoms with van der Waals surface area (Å²) < 4.78 is 0. The van der Waals surface area contributed by atoms with Crippen molar-refractivity contribution in [2.24, 2.45) is 0 Å². The fraction of sp³-hybridized carbons (Fsp3) is 0.118. The highest BCUT2D eigenvalue weighted by molar-refractivity contribution is 6.00. The van der Waals surface area contributed by atoms with Crippen molar-refractivity contribution in [1.82, 2.24) is 5.32 Å². The Bertz CT molecular complexity index is 816. The molecule has 2 rings (SSSR count). The molecule has 116 valence electrons. The van der Waals surface area contributed by atoms with Gasteiger partial charge in [0.2, 0.25) is 0 Å². The summed E-state index contributed by atoms with van der Waals surface area (Å²) in [6, 6.07) is 14.0. The standard InChI is InChI=1S/C17H15N3O3/c1-11(17(22)23)20-16(21)13(9-18)10-19-15-8-4-6-12-5-2-3-7-14(12)15/h2-8,10-11,19H,1H3,(H,20,21)(H,22,23)/b13-10-. The van der Waals surface area contributed by atoms with E-state index in [1.54, 1.807) is 6.07 Å². The zero-order chi connectivity index (χ0) is 16.8. The van der Waals surface area contributed by atoms with Crippen LogP contribution in [0.1, 0.15) is 6.92 Å². The van der Waals surface area contributed by atoms with Crippen LogP contribution < -0.4 is 10.6 Å². The monoisotopic (exact) mass is 309 g/mol. The molecule has 1 unspecified atom stereocenters. The van der Waals surface area contributed by atoms with Crippen LogP contribution in [0.5, 0.6) is 0 Å². The van der Waals surface area contributed by atoms with Gasteiger partial charge in [0.1, 0.15) is 17.7 Å². The first-order valence-electron chi connectivity index (χ1n) is 6.91. The number of fused-ring (bicyclic) bond motifs is 1. The van der Waals surface area contributed by atoms with Crippen molar-refractivity contribution in [2.75, 3.05) is 5.32 Å². The van der Waals surface area contributed by atoms with Crippen LogP contribution >= 0.6 is 0 Å². The molecule has 0 radical (unpaired) electrons. The SMILES string of the molecule is CC(NC(=O)/C(C#N)=C\Nc1cccc2ccccc12)C(=O)O. The second-order valence-corrected chi connectivity index (χ2v) is 4.87. The number of nitrogens with one attached hydrogen (secondary N) is 2. The lowest BCUT2D eigenvalue weighted by Gasteiger charge is -2.09. The van der Waals surface area contributed by atoms with Crippen LogP contribution in [0.15, 0.2) is 54.2 Å². The number of amides is 1. The second-order valence-electron chi connectivity index (χ2n) is 4.87. The minimum Gasteiger partial charge on any atom is -0.480 e. The molecule has 6 heteroatoms. The van der Waals surface area contributed by atoms with Crippen LogP contribution in [0.2, 0.25) is 0 Å². The number of benzene rings is 2. The maximum atomic E-state index is 11.9. The number of carboxylic acids is 1. The number of carboxylic acid groups (broad SMARTS) is 1. The maximum absolute atomic E-state index is 11.9. The summed E-state index contributed by atoms with van der Waals surface area (Å²) >= 11 is 0. The third kappa shape index (κ3) is 3.86. The Morgan fingerprint density at radius 1 is 1.22 bits per heavy atom. The van der Waals surface area contributed by atoms with E-state index in [2.05, 4.69) is 10.6 Å². The topological polar surface area (TPSA) is 102 Å². The number of aliphatic carboxylic acids is 1. The predicted octanol–water partition coefficient (Wildman–Crippen LogP) is 2.25.